The van der Waals surface area contributed by atoms with E-state index in [0.29, 0.717) is 19.8 Å². The highest BCUT2D eigenvalue weighted by Gasteiger charge is 2.08. The molecule has 64 valence electrons. The maximum Gasteiger partial charge on any atom is 0.107 e. The van der Waals surface area contributed by atoms with Crippen molar-refractivity contribution in [3.05, 3.63) is 0 Å². The minimum atomic E-state index is -0.0838. The third-order valence-electron chi connectivity index (χ3n) is 0.948. The standard InChI is InChI=1S/C9H16O2/c1-5-6-10-7-8-11-9(2,3)4/h1H,6-8H2,2-4H3. The van der Waals surface area contributed by atoms with E-state index in [1.54, 1.807) is 0 Å². The Balaban J connectivity index is 3.10. The quantitative estimate of drug-likeness (QED) is 0.453. The Morgan fingerprint density at radius 2 is 1.91 bits per heavy atom. The van der Waals surface area contributed by atoms with Gasteiger partial charge in [-0.05, 0) is 20.8 Å². The summed E-state index contributed by atoms with van der Waals surface area (Å²) in [7, 11) is 0. The molecule has 0 spiro atoms. The molecule has 0 aliphatic carbocycles. The highest BCUT2D eigenvalue weighted by molar-refractivity contribution is 4.82. The van der Waals surface area contributed by atoms with E-state index in [4.69, 9.17) is 15.9 Å². The first-order valence-electron chi connectivity index (χ1n) is 3.71. The lowest BCUT2D eigenvalue weighted by atomic mass is 10.2. The minimum absolute atomic E-state index is 0.0838. The van der Waals surface area contributed by atoms with Crippen molar-refractivity contribution >= 4 is 0 Å². The van der Waals surface area contributed by atoms with E-state index in [0.717, 1.165) is 0 Å². The SMILES string of the molecule is C#CCOCCOC(C)(C)C. The maximum atomic E-state index is 5.38. The lowest BCUT2D eigenvalue weighted by Crippen LogP contribution is -2.21. The van der Waals surface area contributed by atoms with Crippen LogP contribution in [0.5, 0.6) is 0 Å². The van der Waals surface area contributed by atoms with Crippen LogP contribution in [0.25, 0.3) is 0 Å². The third-order valence-corrected chi connectivity index (χ3v) is 0.948. The summed E-state index contributed by atoms with van der Waals surface area (Å²) in [6, 6.07) is 0. The second-order valence-corrected chi connectivity index (χ2v) is 3.22. The van der Waals surface area contributed by atoms with Gasteiger partial charge in [-0.1, -0.05) is 5.92 Å². The van der Waals surface area contributed by atoms with Gasteiger partial charge < -0.3 is 9.47 Å². The van der Waals surface area contributed by atoms with Crippen molar-refractivity contribution < 1.29 is 9.47 Å². The molecule has 0 saturated heterocycles. The molecular formula is C9H16O2. The zero-order valence-electron chi connectivity index (χ0n) is 7.52. The second-order valence-electron chi connectivity index (χ2n) is 3.22. The summed E-state index contributed by atoms with van der Waals surface area (Å²) in [5, 5.41) is 0. The summed E-state index contributed by atoms with van der Waals surface area (Å²) in [6.07, 6.45) is 4.98. The highest BCUT2D eigenvalue weighted by atomic mass is 16.5. The summed E-state index contributed by atoms with van der Waals surface area (Å²) in [6.45, 7) is 7.57. The number of terminal acetylenes is 1. The van der Waals surface area contributed by atoms with Crippen LogP contribution in [0.1, 0.15) is 20.8 Å². The van der Waals surface area contributed by atoms with E-state index < -0.39 is 0 Å². The Morgan fingerprint density at radius 3 is 2.36 bits per heavy atom. The van der Waals surface area contributed by atoms with Crippen LogP contribution in [0, 0.1) is 12.3 Å². The van der Waals surface area contributed by atoms with Gasteiger partial charge >= 0.3 is 0 Å². The predicted octanol–water partition coefficient (Wildman–Crippen LogP) is 1.45. The topological polar surface area (TPSA) is 18.5 Å². The molecule has 0 saturated carbocycles. The zero-order valence-corrected chi connectivity index (χ0v) is 7.52. The Bertz CT molecular complexity index is 127. The third kappa shape index (κ3) is 9.48. The van der Waals surface area contributed by atoms with Crippen LogP contribution in [0.15, 0.2) is 0 Å². The molecule has 0 fully saturated rings. The first kappa shape index (κ1) is 10.5. The van der Waals surface area contributed by atoms with Gasteiger partial charge in [-0.15, -0.1) is 6.42 Å². The molecule has 2 nitrogen and oxygen atoms in total. The van der Waals surface area contributed by atoms with Crippen LogP contribution >= 0.6 is 0 Å². The lowest BCUT2D eigenvalue weighted by molar-refractivity contribution is -0.0307. The average Bonchev–Trinajstić information content (AvgIpc) is 1.85. The van der Waals surface area contributed by atoms with E-state index in [2.05, 4.69) is 5.92 Å². The number of hydrogen-bond acceptors (Lipinski definition) is 2. The summed E-state index contributed by atoms with van der Waals surface area (Å²) >= 11 is 0. The average molecular weight is 156 g/mol. The van der Waals surface area contributed by atoms with Crippen molar-refractivity contribution in [1.82, 2.24) is 0 Å². The largest absolute Gasteiger partial charge is 0.373 e. The molecule has 0 unspecified atom stereocenters. The van der Waals surface area contributed by atoms with Crippen LogP contribution in [0.3, 0.4) is 0 Å². The molecule has 11 heavy (non-hydrogen) atoms. The Hall–Kier alpha value is -0.520. The van der Waals surface area contributed by atoms with Gasteiger partial charge in [0.15, 0.2) is 0 Å². The van der Waals surface area contributed by atoms with E-state index >= 15 is 0 Å². The fourth-order valence-electron chi connectivity index (χ4n) is 0.538. The first-order valence-corrected chi connectivity index (χ1v) is 3.71. The van der Waals surface area contributed by atoms with Crippen LogP contribution in [0.4, 0.5) is 0 Å². The Labute approximate surface area is 68.9 Å². The molecular weight excluding hydrogens is 140 g/mol. The molecule has 0 aliphatic heterocycles. The highest BCUT2D eigenvalue weighted by Crippen LogP contribution is 2.05. The van der Waals surface area contributed by atoms with Gasteiger partial charge in [-0.25, -0.2) is 0 Å². The zero-order chi connectivity index (χ0) is 8.74. The van der Waals surface area contributed by atoms with Crippen molar-refractivity contribution in [3.8, 4) is 12.3 Å². The normalized spacial score (nSPS) is 11.1. The molecule has 0 atom stereocenters. The monoisotopic (exact) mass is 156 g/mol. The molecule has 0 amide bonds. The van der Waals surface area contributed by atoms with E-state index in [1.165, 1.54) is 0 Å². The smallest absolute Gasteiger partial charge is 0.107 e. The van der Waals surface area contributed by atoms with Gasteiger partial charge in [0.2, 0.25) is 0 Å². The molecule has 0 aromatic carbocycles. The van der Waals surface area contributed by atoms with Gasteiger partial charge in [0.25, 0.3) is 0 Å². The molecule has 2 heteroatoms. The molecule has 0 aliphatic rings. The number of rotatable bonds is 4. The fraction of sp³-hybridized carbons (Fsp3) is 0.778. The fourth-order valence-corrected chi connectivity index (χ4v) is 0.538. The van der Waals surface area contributed by atoms with Gasteiger partial charge in [0.1, 0.15) is 6.61 Å². The molecule has 0 heterocycles. The lowest BCUT2D eigenvalue weighted by Gasteiger charge is -2.18. The molecule has 0 N–H and O–H groups in total. The van der Waals surface area contributed by atoms with E-state index in [-0.39, 0.29) is 5.60 Å². The number of ether oxygens (including phenoxy) is 2. The maximum absolute atomic E-state index is 5.38. The van der Waals surface area contributed by atoms with Crippen LogP contribution in [-0.2, 0) is 9.47 Å². The molecule has 0 bridgehead atoms. The second kappa shape index (κ2) is 5.17. The predicted molar refractivity (Wildman–Crippen MR) is 45.4 cm³/mol. The van der Waals surface area contributed by atoms with Crippen molar-refractivity contribution in [2.24, 2.45) is 0 Å². The van der Waals surface area contributed by atoms with Gasteiger partial charge in [-0.3, -0.25) is 0 Å². The van der Waals surface area contributed by atoms with Crippen molar-refractivity contribution in [2.75, 3.05) is 19.8 Å². The first-order chi connectivity index (χ1) is 5.06. The van der Waals surface area contributed by atoms with Gasteiger partial charge in [-0.2, -0.15) is 0 Å². The van der Waals surface area contributed by atoms with E-state index in [1.807, 2.05) is 20.8 Å². The van der Waals surface area contributed by atoms with Crippen molar-refractivity contribution in [1.29, 1.82) is 0 Å². The van der Waals surface area contributed by atoms with E-state index in [9.17, 15) is 0 Å². The van der Waals surface area contributed by atoms with Crippen LogP contribution in [0.2, 0.25) is 0 Å². The minimum Gasteiger partial charge on any atom is -0.373 e. The van der Waals surface area contributed by atoms with Crippen molar-refractivity contribution in [3.63, 3.8) is 0 Å². The molecule has 0 aromatic heterocycles. The van der Waals surface area contributed by atoms with Crippen LogP contribution < -0.4 is 0 Å². The van der Waals surface area contributed by atoms with Crippen molar-refractivity contribution in [2.45, 2.75) is 26.4 Å². The summed E-state index contributed by atoms with van der Waals surface area (Å²) in [5.74, 6) is 2.39. The molecule has 0 aromatic rings. The summed E-state index contributed by atoms with van der Waals surface area (Å²) in [4.78, 5) is 0. The Morgan fingerprint density at radius 1 is 1.27 bits per heavy atom. The molecule has 0 rings (SSSR count). The summed E-state index contributed by atoms with van der Waals surface area (Å²) < 4.78 is 10.4. The Kier molecular flexibility index (Phi) is 4.93. The van der Waals surface area contributed by atoms with Gasteiger partial charge in [0.05, 0.1) is 18.8 Å². The molecule has 0 radical (unpaired) electrons. The summed E-state index contributed by atoms with van der Waals surface area (Å²) in [5.41, 5.74) is -0.0838. The van der Waals surface area contributed by atoms with Gasteiger partial charge in [0, 0.05) is 0 Å². The number of hydrogen-bond donors (Lipinski definition) is 0. The van der Waals surface area contributed by atoms with Crippen LogP contribution in [-0.4, -0.2) is 25.4 Å².